The third-order valence-corrected chi connectivity index (χ3v) is 11.2. The van der Waals surface area contributed by atoms with E-state index >= 15 is 0 Å². The van der Waals surface area contributed by atoms with Crippen molar-refractivity contribution >= 4 is 28.4 Å². The molecule has 2 spiro atoms. The van der Waals surface area contributed by atoms with E-state index in [0.29, 0.717) is 34.8 Å². The molecule has 2 aliphatic carbocycles. The zero-order valence-corrected chi connectivity index (χ0v) is 26.1. The van der Waals surface area contributed by atoms with Crippen LogP contribution < -0.4 is 15.8 Å². The van der Waals surface area contributed by atoms with Crippen LogP contribution in [0.25, 0.3) is 16.9 Å². The number of aryl methyl sites for hydroxylation is 1. The number of benzene rings is 1. The van der Waals surface area contributed by atoms with Gasteiger partial charge in [-0.3, -0.25) is 4.79 Å². The molecule has 4 aromatic rings. The molecule has 10 nitrogen and oxygen atoms in total. The molecule has 0 radical (unpaired) electrons. The van der Waals surface area contributed by atoms with E-state index in [9.17, 15) is 9.90 Å². The Balaban J connectivity index is 1.05. The van der Waals surface area contributed by atoms with Gasteiger partial charge in [-0.15, -0.1) is 6.58 Å². The number of nitrogens with zero attached hydrogens (tertiary/aromatic N) is 7. The van der Waals surface area contributed by atoms with Gasteiger partial charge in [-0.2, -0.15) is 4.98 Å². The first kappa shape index (κ1) is 28.5. The summed E-state index contributed by atoms with van der Waals surface area (Å²) in [4.78, 5) is 32.7. The summed E-state index contributed by atoms with van der Waals surface area (Å²) in [6.45, 7) is 8.80. The lowest BCUT2D eigenvalue weighted by Crippen LogP contribution is -2.46. The molecule has 4 aliphatic rings. The first-order chi connectivity index (χ1) is 21.9. The monoisotopic (exact) mass is 606 g/mol. The van der Waals surface area contributed by atoms with Crippen LogP contribution in [0.3, 0.4) is 0 Å². The zero-order chi connectivity index (χ0) is 30.8. The van der Waals surface area contributed by atoms with Gasteiger partial charge in [0.05, 0.1) is 12.2 Å². The van der Waals surface area contributed by atoms with Crippen LogP contribution in [-0.2, 0) is 13.0 Å². The Bertz CT molecular complexity index is 1800. The van der Waals surface area contributed by atoms with Crippen LogP contribution in [0.5, 0.6) is 0 Å². The Kier molecular flexibility index (Phi) is 6.83. The zero-order valence-electron chi connectivity index (χ0n) is 26.1. The summed E-state index contributed by atoms with van der Waals surface area (Å²) < 4.78 is 3.32. The highest BCUT2D eigenvalue weighted by Gasteiger charge is 2.52. The fraction of sp³-hybridized carbons (Fsp3) is 0.486. The molecule has 45 heavy (non-hydrogen) atoms. The van der Waals surface area contributed by atoms with Crippen LogP contribution in [-0.4, -0.2) is 67.5 Å². The predicted octanol–water partition coefficient (Wildman–Crippen LogP) is 4.98. The van der Waals surface area contributed by atoms with Crippen molar-refractivity contribution in [3.8, 4) is 5.82 Å². The summed E-state index contributed by atoms with van der Waals surface area (Å²) in [5, 5.41) is 14.9. The minimum Gasteiger partial charge on any atom is -0.386 e. The van der Waals surface area contributed by atoms with Gasteiger partial charge in [0, 0.05) is 36.1 Å². The molecule has 3 fully saturated rings. The Morgan fingerprint density at radius 1 is 0.978 bits per heavy atom. The van der Waals surface area contributed by atoms with Crippen LogP contribution in [0.4, 0.5) is 17.3 Å². The van der Waals surface area contributed by atoms with Crippen LogP contribution >= 0.6 is 0 Å². The fourth-order valence-electron chi connectivity index (χ4n) is 7.88. The molecule has 1 aromatic carbocycles. The van der Waals surface area contributed by atoms with Crippen molar-refractivity contribution < 1.29 is 5.11 Å². The number of nitrogens with one attached hydrogen (secondary N) is 1. The molecular formula is C35H42N8O2. The fourth-order valence-corrected chi connectivity index (χ4v) is 7.88. The summed E-state index contributed by atoms with van der Waals surface area (Å²) in [7, 11) is 2.24. The number of allylic oxidation sites excluding steroid dienone is 1. The Labute approximate surface area is 263 Å². The molecular weight excluding hydrogens is 564 g/mol. The second kappa shape index (κ2) is 10.8. The summed E-state index contributed by atoms with van der Waals surface area (Å²) in [5.74, 6) is 0.953. The van der Waals surface area contributed by atoms with Crippen LogP contribution in [0.15, 0.2) is 60.0 Å². The third kappa shape index (κ3) is 4.95. The Morgan fingerprint density at radius 3 is 2.42 bits per heavy atom. The van der Waals surface area contributed by atoms with Gasteiger partial charge >= 0.3 is 0 Å². The number of hydrogen-bond donors (Lipinski definition) is 2. The van der Waals surface area contributed by atoms with Crippen molar-refractivity contribution in [2.75, 3.05) is 43.4 Å². The maximum atomic E-state index is 13.5. The van der Waals surface area contributed by atoms with Gasteiger partial charge < -0.3 is 20.2 Å². The van der Waals surface area contributed by atoms with Crippen LogP contribution in [0.2, 0.25) is 0 Å². The molecule has 0 bridgehead atoms. The quantitative estimate of drug-likeness (QED) is 0.296. The predicted molar refractivity (Wildman–Crippen MR) is 176 cm³/mol. The molecule has 1 atom stereocenters. The normalized spacial score (nSPS) is 22.1. The largest absolute Gasteiger partial charge is 0.386 e. The van der Waals surface area contributed by atoms with E-state index in [-0.39, 0.29) is 11.0 Å². The molecule has 234 valence electrons. The van der Waals surface area contributed by atoms with E-state index in [2.05, 4.69) is 58.0 Å². The maximum absolute atomic E-state index is 13.5. The standard InChI is InChI=1S/C35H42N8O2/c1-3-18-42-32(45)27-23-36-33(39-31(27)43(42)28-9-4-24-10-11-35(12-13-35)30(44)29(24)38-28)37-25-5-7-26(8-6-25)41-21-16-34(17-22-41)14-19-40(2)20-15-34/h3-9,23,30,44H,1,10-22H2,2H3,(H,36,37,39)/t30-/m0/s1. The highest BCUT2D eigenvalue weighted by molar-refractivity contribution is 5.77. The molecule has 8 rings (SSSR count). The highest BCUT2D eigenvalue weighted by Crippen LogP contribution is 2.60. The molecule has 0 amide bonds. The van der Waals surface area contributed by atoms with Gasteiger partial charge in [-0.05, 0) is 113 Å². The molecule has 1 saturated carbocycles. The van der Waals surface area contributed by atoms with Gasteiger partial charge in [-0.1, -0.05) is 12.1 Å². The van der Waals surface area contributed by atoms with Gasteiger partial charge in [0.25, 0.3) is 5.56 Å². The van der Waals surface area contributed by atoms with Crippen molar-refractivity contribution in [3.05, 3.63) is 76.9 Å². The van der Waals surface area contributed by atoms with E-state index in [1.54, 1.807) is 21.6 Å². The molecule has 0 unspecified atom stereocenters. The summed E-state index contributed by atoms with van der Waals surface area (Å²) >= 11 is 0. The Morgan fingerprint density at radius 2 is 1.71 bits per heavy atom. The van der Waals surface area contributed by atoms with Crippen LogP contribution in [0, 0.1) is 10.8 Å². The van der Waals surface area contributed by atoms with Crippen molar-refractivity contribution in [1.29, 1.82) is 0 Å². The summed E-state index contributed by atoms with van der Waals surface area (Å²) in [6.07, 6.45) is 11.8. The van der Waals surface area contributed by atoms with E-state index in [1.165, 1.54) is 44.5 Å². The lowest BCUT2D eigenvalue weighted by Gasteiger charge is -2.46. The number of likely N-dealkylation sites (tertiary alicyclic amines) is 1. The molecule has 2 N–H and O–H groups in total. The number of rotatable bonds is 6. The van der Waals surface area contributed by atoms with Gasteiger partial charge in [0.2, 0.25) is 5.95 Å². The minimum atomic E-state index is -0.585. The van der Waals surface area contributed by atoms with Crippen molar-refractivity contribution in [3.63, 3.8) is 0 Å². The van der Waals surface area contributed by atoms with Crippen molar-refractivity contribution in [1.82, 2.24) is 29.2 Å². The van der Waals surface area contributed by atoms with Crippen molar-refractivity contribution in [2.45, 2.75) is 64.0 Å². The van der Waals surface area contributed by atoms with E-state index < -0.39 is 6.10 Å². The summed E-state index contributed by atoms with van der Waals surface area (Å²) in [6, 6.07) is 12.4. The Hall–Kier alpha value is -4.02. The lowest BCUT2D eigenvalue weighted by atomic mass is 9.71. The topological polar surface area (TPSA) is 104 Å². The lowest BCUT2D eigenvalue weighted by molar-refractivity contribution is 0.0734. The van der Waals surface area contributed by atoms with Crippen molar-refractivity contribution in [2.24, 2.45) is 10.8 Å². The average Bonchev–Trinajstić information content (AvgIpc) is 3.80. The SMILES string of the molecule is C=CCn1c(=O)c2cnc(Nc3ccc(N4CCC5(CCN(C)CC5)CC4)cc3)nc2n1-c1ccc2c(n1)[C@H](O)C1(CC2)CC1. The van der Waals surface area contributed by atoms with E-state index in [1.807, 2.05) is 12.1 Å². The number of anilines is 3. The maximum Gasteiger partial charge on any atom is 0.278 e. The number of aromatic nitrogens is 5. The molecule has 2 saturated heterocycles. The van der Waals surface area contributed by atoms with Crippen LogP contribution in [0.1, 0.15) is 62.3 Å². The molecule has 10 heteroatoms. The minimum absolute atomic E-state index is 0.0319. The van der Waals surface area contributed by atoms with Gasteiger partial charge in [0.1, 0.15) is 11.5 Å². The average molecular weight is 607 g/mol. The van der Waals surface area contributed by atoms with E-state index in [4.69, 9.17) is 9.97 Å². The smallest absolute Gasteiger partial charge is 0.278 e. The first-order valence-corrected chi connectivity index (χ1v) is 16.5. The number of hydrogen-bond acceptors (Lipinski definition) is 8. The number of pyridine rings is 1. The van der Waals surface area contributed by atoms with Gasteiger partial charge in [-0.25, -0.2) is 19.3 Å². The summed E-state index contributed by atoms with van der Waals surface area (Å²) in [5.41, 5.74) is 4.67. The molecule has 5 heterocycles. The number of fused-ring (bicyclic) bond motifs is 2. The number of piperidine rings is 2. The molecule has 2 aliphatic heterocycles. The highest BCUT2D eigenvalue weighted by atomic mass is 16.3. The molecule has 3 aromatic heterocycles. The number of aliphatic hydroxyl groups is 1. The third-order valence-electron chi connectivity index (χ3n) is 11.2. The second-order valence-electron chi connectivity index (χ2n) is 13.9. The second-order valence-corrected chi connectivity index (χ2v) is 13.9. The first-order valence-electron chi connectivity index (χ1n) is 16.5. The van der Waals surface area contributed by atoms with E-state index in [0.717, 1.165) is 55.7 Å². The number of aliphatic hydroxyl groups excluding tert-OH is 1. The van der Waals surface area contributed by atoms with Gasteiger partial charge in [0.15, 0.2) is 11.5 Å².